The van der Waals surface area contributed by atoms with Crippen LogP contribution in [0.5, 0.6) is 11.5 Å². The standard InChI is InChI=1S/C18H16FN3O3S/c1-24-13-7-8-15(25-2)14(10-13)17-21-22-18(26-17)20-16(23)9-11-3-5-12(19)6-4-11/h3-8,10H,9H2,1-2H3,(H,20,22,23). The monoisotopic (exact) mass is 373 g/mol. The van der Waals surface area contributed by atoms with E-state index in [-0.39, 0.29) is 18.1 Å². The Balaban J connectivity index is 1.73. The highest BCUT2D eigenvalue weighted by atomic mass is 32.1. The Labute approximate surface area is 153 Å². The SMILES string of the molecule is COc1ccc(OC)c(-c2nnc(NC(=O)Cc3ccc(F)cc3)s2)c1. The van der Waals surface area contributed by atoms with Gasteiger partial charge in [-0.15, -0.1) is 10.2 Å². The molecule has 1 amide bonds. The molecular formula is C18H16FN3O3S. The topological polar surface area (TPSA) is 73.3 Å². The van der Waals surface area contributed by atoms with Gasteiger partial charge in [0, 0.05) is 0 Å². The second-order valence-electron chi connectivity index (χ2n) is 5.33. The molecule has 0 aliphatic carbocycles. The number of benzene rings is 2. The summed E-state index contributed by atoms with van der Waals surface area (Å²) in [5.41, 5.74) is 1.44. The Hall–Kier alpha value is -3.00. The van der Waals surface area contributed by atoms with Crippen molar-refractivity contribution in [2.24, 2.45) is 0 Å². The number of methoxy groups -OCH3 is 2. The second-order valence-corrected chi connectivity index (χ2v) is 6.31. The molecule has 3 rings (SSSR count). The number of rotatable bonds is 6. The van der Waals surface area contributed by atoms with Crippen LogP contribution in [0, 0.1) is 5.82 Å². The van der Waals surface area contributed by atoms with Crippen molar-refractivity contribution in [2.75, 3.05) is 19.5 Å². The van der Waals surface area contributed by atoms with Crippen LogP contribution in [0.2, 0.25) is 0 Å². The zero-order valence-electron chi connectivity index (χ0n) is 14.2. The average molecular weight is 373 g/mol. The molecule has 0 saturated heterocycles. The molecule has 0 atom stereocenters. The van der Waals surface area contributed by atoms with Crippen molar-refractivity contribution in [3.63, 3.8) is 0 Å². The molecular weight excluding hydrogens is 357 g/mol. The number of nitrogens with zero attached hydrogens (tertiary/aromatic N) is 2. The summed E-state index contributed by atoms with van der Waals surface area (Å²) in [6.45, 7) is 0. The van der Waals surface area contributed by atoms with E-state index in [9.17, 15) is 9.18 Å². The number of ether oxygens (including phenoxy) is 2. The largest absolute Gasteiger partial charge is 0.497 e. The minimum Gasteiger partial charge on any atom is -0.497 e. The maximum absolute atomic E-state index is 12.9. The summed E-state index contributed by atoms with van der Waals surface area (Å²) in [7, 11) is 3.14. The van der Waals surface area contributed by atoms with Gasteiger partial charge in [0.25, 0.3) is 0 Å². The molecule has 3 aromatic rings. The molecule has 1 N–H and O–H groups in total. The predicted octanol–water partition coefficient (Wildman–Crippen LogP) is 3.54. The molecule has 0 fully saturated rings. The van der Waals surface area contributed by atoms with E-state index in [2.05, 4.69) is 15.5 Å². The van der Waals surface area contributed by atoms with Gasteiger partial charge in [0.05, 0.1) is 26.2 Å². The Kier molecular flexibility index (Phi) is 5.43. The molecule has 0 radical (unpaired) electrons. The maximum Gasteiger partial charge on any atom is 0.230 e. The summed E-state index contributed by atoms with van der Waals surface area (Å²) in [5, 5.41) is 11.8. The molecule has 1 aromatic heterocycles. The third kappa shape index (κ3) is 4.15. The number of hydrogen-bond acceptors (Lipinski definition) is 6. The quantitative estimate of drug-likeness (QED) is 0.715. The summed E-state index contributed by atoms with van der Waals surface area (Å²) in [4.78, 5) is 12.1. The summed E-state index contributed by atoms with van der Waals surface area (Å²) in [6, 6.07) is 11.1. The highest BCUT2D eigenvalue weighted by Crippen LogP contribution is 2.36. The van der Waals surface area contributed by atoms with E-state index in [1.807, 2.05) is 0 Å². The van der Waals surface area contributed by atoms with Gasteiger partial charge in [0.15, 0.2) is 5.01 Å². The number of hydrogen-bond donors (Lipinski definition) is 1. The molecule has 0 spiro atoms. The van der Waals surface area contributed by atoms with Crippen LogP contribution in [-0.4, -0.2) is 30.3 Å². The van der Waals surface area contributed by atoms with Crippen LogP contribution in [0.15, 0.2) is 42.5 Å². The number of carbonyl (C=O) groups is 1. The molecule has 0 aliphatic heterocycles. The first-order valence-corrected chi connectivity index (χ1v) is 8.51. The smallest absolute Gasteiger partial charge is 0.230 e. The van der Waals surface area contributed by atoms with Crippen LogP contribution in [-0.2, 0) is 11.2 Å². The molecule has 8 heteroatoms. The minimum atomic E-state index is -0.338. The van der Waals surface area contributed by atoms with Crippen LogP contribution in [0.3, 0.4) is 0 Å². The van der Waals surface area contributed by atoms with Gasteiger partial charge in [-0.3, -0.25) is 4.79 Å². The summed E-state index contributed by atoms with van der Waals surface area (Å²) >= 11 is 1.23. The Morgan fingerprint density at radius 2 is 1.88 bits per heavy atom. The van der Waals surface area contributed by atoms with E-state index >= 15 is 0 Å². The van der Waals surface area contributed by atoms with Crippen LogP contribution >= 0.6 is 11.3 Å². The maximum atomic E-state index is 12.9. The average Bonchev–Trinajstić information content (AvgIpc) is 3.11. The lowest BCUT2D eigenvalue weighted by Gasteiger charge is -2.07. The molecule has 6 nitrogen and oxygen atoms in total. The van der Waals surface area contributed by atoms with Gasteiger partial charge in [-0.05, 0) is 35.9 Å². The third-order valence-corrected chi connectivity index (χ3v) is 4.46. The molecule has 0 unspecified atom stereocenters. The van der Waals surface area contributed by atoms with Crippen molar-refractivity contribution in [2.45, 2.75) is 6.42 Å². The van der Waals surface area contributed by atoms with Crippen LogP contribution in [0.25, 0.3) is 10.6 Å². The van der Waals surface area contributed by atoms with Crippen molar-refractivity contribution in [1.29, 1.82) is 0 Å². The van der Waals surface area contributed by atoms with E-state index in [0.717, 1.165) is 5.56 Å². The van der Waals surface area contributed by atoms with Gasteiger partial charge >= 0.3 is 0 Å². The number of aromatic nitrogens is 2. The molecule has 0 aliphatic rings. The Morgan fingerprint density at radius 1 is 1.12 bits per heavy atom. The lowest BCUT2D eigenvalue weighted by molar-refractivity contribution is -0.115. The van der Waals surface area contributed by atoms with Crippen molar-refractivity contribution < 1.29 is 18.7 Å². The number of halogens is 1. The molecule has 134 valence electrons. The van der Waals surface area contributed by atoms with Gasteiger partial charge in [-0.2, -0.15) is 0 Å². The first-order valence-electron chi connectivity index (χ1n) is 7.69. The second kappa shape index (κ2) is 7.92. The molecule has 0 saturated carbocycles. The van der Waals surface area contributed by atoms with E-state index in [0.29, 0.717) is 27.2 Å². The normalized spacial score (nSPS) is 10.4. The Morgan fingerprint density at radius 3 is 2.58 bits per heavy atom. The van der Waals surface area contributed by atoms with Gasteiger partial charge in [0.2, 0.25) is 11.0 Å². The van der Waals surface area contributed by atoms with Gasteiger partial charge in [-0.25, -0.2) is 4.39 Å². The number of carbonyl (C=O) groups excluding carboxylic acids is 1. The zero-order valence-corrected chi connectivity index (χ0v) is 15.0. The lowest BCUT2D eigenvalue weighted by Crippen LogP contribution is -2.14. The summed E-state index contributed by atoms with van der Waals surface area (Å²) in [5.74, 6) is 0.705. The number of amides is 1. The first-order chi connectivity index (χ1) is 12.6. The van der Waals surface area contributed by atoms with Gasteiger partial charge < -0.3 is 14.8 Å². The highest BCUT2D eigenvalue weighted by molar-refractivity contribution is 7.18. The van der Waals surface area contributed by atoms with E-state index in [1.165, 1.54) is 23.5 Å². The summed E-state index contributed by atoms with van der Waals surface area (Å²) in [6.07, 6.45) is 0.123. The molecule has 0 bridgehead atoms. The highest BCUT2D eigenvalue weighted by Gasteiger charge is 2.14. The Bertz CT molecular complexity index is 912. The van der Waals surface area contributed by atoms with E-state index in [4.69, 9.17) is 9.47 Å². The van der Waals surface area contributed by atoms with Crippen molar-refractivity contribution in [3.05, 3.63) is 53.8 Å². The van der Waals surface area contributed by atoms with Crippen LogP contribution < -0.4 is 14.8 Å². The van der Waals surface area contributed by atoms with Crippen LogP contribution in [0.1, 0.15) is 5.56 Å². The fourth-order valence-electron chi connectivity index (χ4n) is 2.31. The lowest BCUT2D eigenvalue weighted by atomic mass is 10.1. The van der Waals surface area contributed by atoms with Gasteiger partial charge in [0.1, 0.15) is 17.3 Å². The molecule has 26 heavy (non-hydrogen) atoms. The minimum absolute atomic E-state index is 0.123. The predicted molar refractivity (Wildman–Crippen MR) is 97.2 cm³/mol. The van der Waals surface area contributed by atoms with E-state index in [1.54, 1.807) is 44.6 Å². The number of anilines is 1. The van der Waals surface area contributed by atoms with Crippen molar-refractivity contribution >= 4 is 22.4 Å². The summed E-state index contributed by atoms with van der Waals surface area (Å²) < 4.78 is 23.5. The zero-order chi connectivity index (χ0) is 18.5. The first kappa shape index (κ1) is 17.8. The van der Waals surface area contributed by atoms with Crippen molar-refractivity contribution in [3.8, 4) is 22.1 Å². The molecule has 2 aromatic carbocycles. The van der Waals surface area contributed by atoms with Crippen molar-refractivity contribution in [1.82, 2.24) is 10.2 Å². The molecule has 1 heterocycles. The van der Waals surface area contributed by atoms with Gasteiger partial charge in [-0.1, -0.05) is 23.5 Å². The fourth-order valence-corrected chi connectivity index (χ4v) is 3.10. The number of nitrogens with one attached hydrogen (secondary N) is 1. The van der Waals surface area contributed by atoms with E-state index < -0.39 is 0 Å². The third-order valence-electron chi connectivity index (χ3n) is 3.59. The van der Waals surface area contributed by atoms with Crippen LogP contribution in [0.4, 0.5) is 9.52 Å². The fraction of sp³-hybridized carbons (Fsp3) is 0.167.